The van der Waals surface area contributed by atoms with Gasteiger partial charge in [0.2, 0.25) is 0 Å². The maximum atomic E-state index is 10.3. The van der Waals surface area contributed by atoms with E-state index in [0.29, 0.717) is 62.6 Å². The Balaban J connectivity index is 2.07. The van der Waals surface area contributed by atoms with Crippen molar-refractivity contribution in [1.82, 2.24) is 0 Å². The second kappa shape index (κ2) is 30.8. The van der Waals surface area contributed by atoms with E-state index in [2.05, 4.69) is 81.9 Å². The fraction of sp³-hybridized carbons (Fsp3) is 0.667. The van der Waals surface area contributed by atoms with E-state index in [1.165, 1.54) is 32.1 Å². The molecule has 63 heavy (non-hydrogen) atoms. The van der Waals surface area contributed by atoms with Crippen molar-refractivity contribution in [2.75, 3.05) is 39.6 Å². The van der Waals surface area contributed by atoms with Gasteiger partial charge in [0.15, 0.2) is 34.5 Å². The van der Waals surface area contributed by atoms with Gasteiger partial charge in [-0.25, -0.2) is 0 Å². The predicted octanol–water partition coefficient (Wildman–Crippen LogP) is 17.8. The van der Waals surface area contributed by atoms with Crippen LogP contribution in [0.25, 0.3) is 42.8 Å². The van der Waals surface area contributed by atoms with Crippen molar-refractivity contribution in [2.45, 2.75) is 196 Å². The fourth-order valence-corrected chi connectivity index (χ4v) is 8.20. The van der Waals surface area contributed by atoms with Gasteiger partial charge in [0.05, 0.1) is 45.3 Å². The molecule has 0 aliphatic heterocycles. The molecule has 4 rings (SSSR count). The number of unbranched alkanes of at least 4 members (excludes halogenated alkanes) is 18. The predicted molar refractivity (Wildman–Crippen MR) is 266 cm³/mol. The highest BCUT2D eigenvalue weighted by atomic mass is 16.5. The first-order valence-electron chi connectivity index (χ1n) is 25.5. The lowest BCUT2D eigenvalue weighted by Gasteiger charge is -2.22. The highest BCUT2D eigenvalue weighted by Crippen LogP contribution is 2.52. The normalized spacial score (nSPS) is 11.3. The largest absolute Gasteiger partial charge is 0.490 e. The molecule has 9 heteroatoms. The zero-order valence-corrected chi connectivity index (χ0v) is 40.4. The van der Waals surface area contributed by atoms with E-state index < -0.39 is 0 Å². The lowest BCUT2D eigenvalue weighted by Crippen LogP contribution is -2.05. The lowest BCUT2D eigenvalue weighted by atomic mass is 9.92. The van der Waals surface area contributed by atoms with E-state index in [1.54, 1.807) is 0 Å². The molecule has 0 aromatic heterocycles. The maximum Gasteiger partial charge on any atom is 0.171 e. The minimum absolute atomic E-state index is 0.432. The summed E-state index contributed by atoms with van der Waals surface area (Å²) in [7, 11) is 0. The Labute approximate surface area is 380 Å². The van der Waals surface area contributed by atoms with E-state index in [-0.39, 0.29) is 0 Å². The second-order valence-corrected chi connectivity index (χ2v) is 17.3. The number of hydrogen-bond donors (Lipinski definition) is 0. The highest BCUT2D eigenvalue weighted by molar-refractivity contribution is 6.29. The minimum atomic E-state index is 0.432. The number of hydrogen-bond acceptors (Lipinski definition) is 7. The molecule has 0 aliphatic rings. The summed E-state index contributed by atoms with van der Waals surface area (Å²) in [6.45, 7) is 16.8. The minimum Gasteiger partial charge on any atom is -0.490 e. The van der Waals surface area contributed by atoms with Crippen molar-refractivity contribution in [3.63, 3.8) is 0 Å². The average Bonchev–Trinajstić information content (AvgIpc) is 3.29. The molecule has 0 bridgehead atoms. The van der Waals surface area contributed by atoms with E-state index in [9.17, 15) is 5.53 Å². The number of azide groups is 1. The zero-order chi connectivity index (χ0) is 44.9. The SMILES string of the molecule is CCCCCCOc1cc2c3cc(OCCCCCC)c(OCCCCCC)cc3c3c(N=[N+]=[N-])c(OCCCCCC)c(OCCCCCC)cc3c2cc1OCCCCCC. The van der Waals surface area contributed by atoms with Crippen LogP contribution in [0.5, 0.6) is 34.5 Å². The molecule has 350 valence electrons. The summed E-state index contributed by atoms with van der Waals surface area (Å²) in [4.78, 5) is 3.45. The molecule has 0 N–H and O–H groups in total. The quantitative estimate of drug-likeness (QED) is 0.0147. The van der Waals surface area contributed by atoms with Crippen LogP contribution >= 0.6 is 0 Å². The zero-order valence-electron chi connectivity index (χ0n) is 40.4. The monoisotopic (exact) mass is 870 g/mol. The molecule has 0 spiro atoms. The third-order valence-corrected chi connectivity index (χ3v) is 11.9. The maximum absolute atomic E-state index is 10.3. The number of rotatable bonds is 37. The Morgan fingerprint density at radius 1 is 0.349 bits per heavy atom. The van der Waals surface area contributed by atoms with Gasteiger partial charge >= 0.3 is 0 Å². The average molecular weight is 870 g/mol. The Kier molecular flexibility index (Phi) is 25.1. The lowest BCUT2D eigenvalue weighted by molar-refractivity contribution is 0.259. The van der Waals surface area contributed by atoms with Crippen LogP contribution in [0.3, 0.4) is 0 Å². The first-order valence-corrected chi connectivity index (χ1v) is 25.5. The van der Waals surface area contributed by atoms with Crippen LogP contribution in [0.1, 0.15) is 196 Å². The third-order valence-electron chi connectivity index (χ3n) is 11.9. The fourth-order valence-electron chi connectivity index (χ4n) is 8.20. The Bertz CT molecular complexity index is 1900. The molecular weight excluding hydrogens is 787 g/mol. The molecule has 0 saturated carbocycles. The van der Waals surface area contributed by atoms with E-state index in [4.69, 9.17) is 28.4 Å². The molecule has 0 amide bonds. The van der Waals surface area contributed by atoms with Crippen LogP contribution in [-0.2, 0) is 0 Å². The summed E-state index contributed by atoms with van der Waals surface area (Å²) in [5.74, 6) is 3.96. The Hall–Kier alpha value is -4.23. The van der Waals surface area contributed by atoms with Gasteiger partial charge in [-0.05, 0) is 101 Å². The Morgan fingerprint density at radius 3 is 0.937 bits per heavy atom. The summed E-state index contributed by atoms with van der Waals surface area (Å²) >= 11 is 0. The van der Waals surface area contributed by atoms with E-state index in [0.717, 1.165) is 172 Å². The molecule has 4 aromatic carbocycles. The number of benzene rings is 4. The van der Waals surface area contributed by atoms with Gasteiger partial charge in [-0.1, -0.05) is 162 Å². The summed E-state index contributed by atoms with van der Waals surface area (Å²) in [6, 6.07) is 10.6. The van der Waals surface area contributed by atoms with E-state index in [1.807, 2.05) is 0 Å². The molecule has 0 radical (unpaired) electrons. The van der Waals surface area contributed by atoms with Crippen molar-refractivity contribution in [3.05, 3.63) is 40.8 Å². The molecule has 0 fully saturated rings. The van der Waals surface area contributed by atoms with Gasteiger partial charge < -0.3 is 28.4 Å². The van der Waals surface area contributed by atoms with Gasteiger partial charge in [-0.15, -0.1) is 0 Å². The van der Waals surface area contributed by atoms with Crippen molar-refractivity contribution in [1.29, 1.82) is 0 Å². The molecule has 0 atom stereocenters. The van der Waals surface area contributed by atoms with Gasteiger partial charge in [-0.2, -0.15) is 0 Å². The van der Waals surface area contributed by atoms with Gasteiger partial charge in [0.25, 0.3) is 0 Å². The smallest absolute Gasteiger partial charge is 0.171 e. The molecular formula is C54H83N3O6. The van der Waals surface area contributed by atoms with Crippen LogP contribution in [-0.4, -0.2) is 39.6 Å². The van der Waals surface area contributed by atoms with Gasteiger partial charge in [0.1, 0.15) is 0 Å². The van der Waals surface area contributed by atoms with Gasteiger partial charge in [0, 0.05) is 10.3 Å². The van der Waals surface area contributed by atoms with Crippen molar-refractivity contribution >= 4 is 38.0 Å². The molecule has 0 saturated heterocycles. The molecule has 9 nitrogen and oxygen atoms in total. The molecule has 4 aromatic rings. The first-order chi connectivity index (χ1) is 31.1. The highest BCUT2D eigenvalue weighted by Gasteiger charge is 2.24. The van der Waals surface area contributed by atoms with Crippen LogP contribution in [0.2, 0.25) is 0 Å². The van der Waals surface area contributed by atoms with Crippen molar-refractivity contribution in [3.8, 4) is 34.5 Å². The topological polar surface area (TPSA) is 104 Å². The number of fused-ring (bicyclic) bond motifs is 6. The van der Waals surface area contributed by atoms with Crippen LogP contribution in [0, 0.1) is 0 Å². The summed E-state index contributed by atoms with van der Waals surface area (Å²) < 4.78 is 39.9. The summed E-state index contributed by atoms with van der Waals surface area (Å²) in [5.41, 5.74) is 10.7. The molecule has 0 aliphatic carbocycles. The first kappa shape index (κ1) is 51.4. The van der Waals surface area contributed by atoms with Crippen molar-refractivity contribution in [2.24, 2.45) is 5.11 Å². The second-order valence-electron chi connectivity index (χ2n) is 17.3. The number of nitrogens with zero attached hydrogens (tertiary/aromatic N) is 3. The third kappa shape index (κ3) is 16.4. The summed E-state index contributed by atoms with van der Waals surface area (Å²) in [6.07, 6.45) is 26.2. The Morgan fingerprint density at radius 2 is 0.619 bits per heavy atom. The van der Waals surface area contributed by atoms with Crippen LogP contribution < -0.4 is 28.4 Å². The molecule has 0 unspecified atom stereocenters. The molecule has 0 heterocycles. The summed E-state index contributed by atoms with van der Waals surface area (Å²) in [5, 5.41) is 9.99. The van der Waals surface area contributed by atoms with Gasteiger partial charge in [-0.3, -0.25) is 0 Å². The van der Waals surface area contributed by atoms with Crippen LogP contribution in [0.4, 0.5) is 5.69 Å². The van der Waals surface area contributed by atoms with Crippen molar-refractivity contribution < 1.29 is 28.4 Å². The number of ether oxygens (including phenoxy) is 6. The van der Waals surface area contributed by atoms with E-state index >= 15 is 0 Å². The standard InChI is InChI=1S/C54H83N3O6/c1-7-13-19-25-31-58-47-37-42-43-38-49(60-33-27-21-15-9-3)50(61-34-28-22-16-10-4)40-45(43)52-46(44(42)39-48(47)59-32-26-20-14-8-2)41-51(62-35-29-23-17-11-5)54(53(52)56-57-55)63-36-30-24-18-12-6/h37-41H,7-36H2,1-6H3. The van der Waals surface area contributed by atoms with Crippen LogP contribution in [0.15, 0.2) is 35.4 Å².